The molecular weight excluding hydrogens is 404 g/mol. The van der Waals surface area contributed by atoms with Crippen LogP contribution in [0.4, 0.5) is 5.95 Å². The van der Waals surface area contributed by atoms with Crippen molar-refractivity contribution in [3.05, 3.63) is 76.1 Å². The van der Waals surface area contributed by atoms with E-state index in [4.69, 9.17) is 11.6 Å². The molecule has 1 amide bonds. The molecule has 1 N–H and O–H groups in total. The van der Waals surface area contributed by atoms with Crippen molar-refractivity contribution in [3.8, 4) is 0 Å². The molecule has 3 aromatic heterocycles. The summed E-state index contributed by atoms with van der Waals surface area (Å²) in [7, 11) is 0. The zero-order valence-electron chi connectivity index (χ0n) is 16.9. The second kappa shape index (κ2) is 8.11. The van der Waals surface area contributed by atoms with Crippen LogP contribution < -0.4 is 5.32 Å². The van der Waals surface area contributed by atoms with E-state index in [2.05, 4.69) is 31.7 Å². The van der Waals surface area contributed by atoms with E-state index in [1.165, 1.54) is 5.56 Å². The highest BCUT2D eigenvalue weighted by Crippen LogP contribution is 2.18. The molecule has 4 aromatic rings. The zero-order valence-corrected chi connectivity index (χ0v) is 17.6. The lowest BCUT2D eigenvalue weighted by Gasteiger charge is -2.04. The Balaban J connectivity index is 1.40. The number of carbonyl (C=O) groups is 1. The third-order valence-electron chi connectivity index (χ3n) is 4.63. The number of hydrogen-bond donors (Lipinski definition) is 1. The molecule has 4 rings (SSSR count). The van der Waals surface area contributed by atoms with Gasteiger partial charge in [-0.3, -0.25) is 14.8 Å². The number of halogens is 1. The number of rotatable bonds is 6. The summed E-state index contributed by atoms with van der Waals surface area (Å²) in [6.45, 7) is 6.70. The summed E-state index contributed by atoms with van der Waals surface area (Å²) in [5.41, 5.74) is 4.16. The summed E-state index contributed by atoms with van der Waals surface area (Å²) in [5.74, 6) is -0.152. The second-order valence-electron chi connectivity index (χ2n) is 7.08. The van der Waals surface area contributed by atoms with Crippen LogP contribution in [0.1, 0.15) is 33.0 Å². The average molecular weight is 425 g/mol. The lowest BCUT2D eigenvalue weighted by molar-refractivity contribution is 0.102. The molecular formula is C20H21ClN8O. The highest BCUT2D eigenvalue weighted by atomic mass is 35.5. The number of carbonyl (C=O) groups excluding carboxylic acids is 1. The molecule has 10 heteroatoms. The van der Waals surface area contributed by atoms with Crippen LogP contribution in [-0.2, 0) is 13.2 Å². The van der Waals surface area contributed by atoms with E-state index < -0.39 is 0 Å². The molecule has 0 spiro atoms. The van der Waals surface area contributed by atoms with E-state index in [0.29, 0.717) is 18.2 Å². The predicted octanol–water partition coefficient (Wildman–Crippen LogP) is 3.06. The lowest BCUT2D eigenvalue weighted by Crippen LogP contribution is -2.16. The van der Waals surface area contributed by atoms with Gasteiger partial charge in [0.15, 0.2) is 5.69 Å². The molecule has 154 valence electrons. The van der Waals surface area contributed by atoms with Gasteiger partial charge in [-0.15, -0.1) is 5.10 Å². The van der Waals surface area contributed by atoms with Crippen LogP contribution in [-0.4, -0.2) is 40.2 Å². The maximum atomic E-state index is 12.5. The standard InChI is InChI=1S/C20H21ClN8O/c1-13-5-4-6-16(9-13)10-28-11-22-20(26-28)23-19(30)17-7-8-27(25-17)12-29-15(3)18(21)14(2)24-29/h4-9,11H,10,12H2,1-3H3,(H,23,26,30). The molecule has 0 saturated heterocycles. The Hall–Kier alpha value is -3.46. The number of aromatic nitrogens is 7. The van der Waals surface area contributed by atoms with Gasteiger partial charge in [0.05, 0.1) is 23.0 Å². The van der Waals surface area contributed by atoms with Crippen molar-refractivity contribution in [3.63, 3.8) is 0 Å². The molecule has 0 aliphatic rings. The van der Waals surface area contributed by atoms with Crippen molar-refractivity contribution < 1.29 is 4.79 Å². The molecule has 0 aliphatic heterocycles. The van der Waals surface area contributed by atoms with Crippen LogP contribution in [0.2, 0.25) is 5.02 Å². The number of aryl methyl sites for hydroxylation is 2. The van der Waals surface area contributed by atoms with Crippen molar-refractivity contribution in [2.75, 3.05) is 5.32 Å². The number of nitrogens with one attached hydrogen (secondary N) is 1. The predicted molar refractivity (Wildman–Crippen MR) is 113 cm³/mol. The van der Waals surface area contributed by atoms with E-state index in [9.17, 15) is 4.79 Å². The molecule has 0 atom stereocenters. The minimum Gasteiger partial charge on any atom is -0.288 e. The Morgan fingerprint density at radius 1 is 1.10 bits per heavy atom. The minimum absolute atomic E-state index is 0.229. The van der Waals surface area contributed by atoms with Crippen LogP contribution in [0.15, 0.2) is 42.9 Å². The van der Waals surface area contributed by atoms with E-state index in [1.54, 1.807) is 32.6 Å². The molecule has 0 fully saturated rings. The zero-order chi connectivity index (χ0) is 21.3. The van der Waals surface area contributed by atoms with Crippen molar-refractivity contribution in [2.45, 2.75) is 34.0 Å². The first-order chi connectivity index (χ1) is 14.4. The summed E-state index contributed by atoms with van der Waals surface area (Å²) in [6.07, 6.45) is 3.30. The molecule has 9 nitrogen and oxygen atoms in total. The highest BCUT2D eigenvalue weighted by Gasteiger charge is 2.14. The summed E-state index contributed by atoms with van der Waals surface area (Å²) < 4.78 is 5.03. The van der Waals surface area contributed by atoms with Gasteiger partial charge in [0.1, 0.15) is 13.0 Å². The van der Waals surface area contributed by atoms with Crippen molar-refractivity contribution in [1.29, 1.82) is 0 Å². The second-order valence-corrected chi connectivity index (χ2v) is 7.45. The van der Waals surface area contributed by atoms with Gasteiger partial charge in [0, 0.05) is 6.20 Å². The number of nitrogens with zero attached hydrogens (tertiary/aromatic N) is 7. The van der Waals surface area contributed by atoms with Crippen molar-refractivity contribution in [1.82, 2.24) is 34.3 Å². The Kier molecular flexibility index (Phi) is 5.37. The van der Waals surface area contributed by atoms with Gasteiger partial charge in [-0.25, -0.2) is 14.3 Å². The van der Waals surface area contributed by atoms with Gasteiger partial charge >= 0.3 is 0 Å². The van der Waals surface area contributed by atoms with Gasteiger partial charge in [-0.2, -0.15) is 10.2 Å². The quantitative estimate of drug-likeness (QED) is 0.513. The number of benzene rings is 1. The fraction of sp³-hybridized carbons (Fsp3) is 0.250. The van der Waals surface area contributed by atoms with Crippen molar-refractivity contribution in [2.24, 2.45) is 0 Å². The molecule has 0 unspecified atom stereocenters. The highest BCUT2D eigenvalue weighted by molar-refractivity contribution is 6.31. The first-order valence-corrected chi connectivity index (χ1v) is 9.76. The monoisotopic (exact) mass is 424 g/mol. The fourth-order valence-corrected chi connectivity index (χ4v) is 3.24. The lowest BCUT2D eigenvalue weighted by atomic mass is 10.1. The van der Waals surface area contributed by atoms with Crippen LogP contribution in [0.3, 0.4) is 0 Å². The molecule has 3 heterocycles. The molecule has 0 aliphatic carbocycles. The normalized spacial score (nSPS) is 11.1. The molecule has 0 radical (unpaired) electrons. The average Bonchev–Trinajstić information content (AvgIpc) is 3.40. The number of anilines is 1. The van der Waals surface area contributed by atoms with E-state index in [-0.39, 0.29) is 17.5 Å². The first-order valence-electron chi connectivity index (χ1n) is 9.38. The number of hydrogen-bond acceptors (Lipinski definition) is 5. The largest absolute Gasteiger partial charge is 0.288 e. The smallest absolute Gasteiger partial charge is 0.278 e. The van der Waals surface area contributed by atoms with Gasteiger partial charge in [0.2, 0.25) is 5.95 Å². The Morgan fingerprint density at radius 2 is 1.93 bits per heavy atom. The van der Waals surface area contributed by atoms with Gasteiger partial charge in [-0.1, -0.05) is 41.4 Å². The first kappa shape index (κ1) is 19.8. The Morgan fingerprint density at radius 3 is 2.67 bits per heavy atom. The molecule has 0 bridgehead atoms. The maximum Gasteiger partial charge on any atom is 0.278 e. The summed E-state index contributed by atoms with van der Waals surface area (Å²) in [5, 5.41) is 16.3. The van der Waals surface area contributed by atoms with Gasteiger partial charge in [0.25, 0.3) is 5.91 Å². The molecule has 0 saturated carbocycles. The van der Waals surface area contributed by atoms with Gasteiger partial charge < -0.3 is 0 Å². The van der Waals surface area contributed by atoms with E-state index >= 15 is 0 Å². The molecule has 1 aromatic carbocycles. The van der Waals surface area contributed by atoms with Crippen LogP contribution >= 0.6 is 11.6 Å². The van der Waals surface area contributed by atoms with Gasteiger partial charge in [-0.05, 0) is 32.4 Å². The summed E-state index contributed by atoms with van der Waals surface area (Å²) >= 11 is 6.18. The van der Waals surface area contributed by atoms with E-state index in [0.717, 1.165) is 17.0 Å². The third kappa shape index (κ3) is 4.25. The fourth-order valence-electron chi connectivity index (χ4n) is 3.10. The SMILES string of the molecule is Cc1cccc(Cn2cnc(NC(=O)c3ccn(Cn4nc(C)c(Cl)c4C)n3)n2)c1. The molecule has 30 heavy (non-hydrogen) atoms. The van der Waals surface area contributed by atoms with Crippen LogP contribution in [0, 0.1) is 20.8 Å². The maximum absolute atomic E-state index is 12.5. The summed E-state index contributed by atoms with van der Waals surface area (Å²) in [4.78, 5) is 16.7. The Bertz CT molecular complexity index is 1210. The Labute approximate surface area is 178 Å². The van der Waals surface area contributed by atoms with E-state index in [1.807, 2.05) is 39.0 Å². The third-order valence-corrected chi connectivity index (χ3v) is 5.18. The number of amides is 1. The topological polar surface area (TPSA) is 95.5 Å². The van der Waals surface area contributed by atoms with Crippen LogP contribution in [0.5, 0.6) is 0 Å². The van der Waals surface area contributed by atoms with Crippen LogP contribution in [0.25, 0.3) is 0 Å². The van der Waals surface area contributed by atoms with Crippen molar-refractivity contribution >= 4 is 23.5 Å². The minimum atomic E-state index is -0.381. The summed E-state index contributed by atoms with van der Waals surface area (Å²) in [6, 6.07) is 9.78.